The van der Waals surface area contributed by atoms with Crippen LogP contribution in [0, 0.1) is 0 Å². The summed E-state index contributed by atoms with van der Waals surface area (Å²) in [6, 6.07) is 4.52. The van der Waals surface area contributed by atoms with Crippen LogP contribution in [0.5, 0.6) is 0 Å². The molecule has 1 aliphatic rings. The van der Waals surface area contributed by atoms with E-state index in [9.17, 15) is 4.79 Å². The van der Waals surface area contributed by atoms with Crippen molar-refractivity contribution in [1.82, 2.24) is 25.0 Å². The highest BCUT2D eigenvalue weighted by atomic mass is 32.1. The molecular formula is C15H21N5OS. The third-order valence-corrected chi connectivity index (χ3v) is 4.73. The number of piperidine rings is 1. The molecule has 6 nitrogen and oxygen atoms in total. The fraction of sp³-hybridized carbons (Fsp3) is 0.533. The number of hydrogen-bond donors (Lipinski definition) is 1. The Morgan fingerprint density at radius 3 is 3.23 bits per heavy atom. The first-order valence-electron chi connectivity index (χ1n) is 7.66. The van der Waals surface area contributed by atoms with E-state index in [2.05, 4.69) is 37.8 Å². The molecule has 22 heavy (non-hydrogen) atoms. The lowest BCUT2D eigenvalue weighted by Gasteiger charge is -2.32. The van der Waals surface area contributed by atoms with Gasteiger partial charge >= 0.3 is 0 Å². The molecule has 0 bridgehead atoms. The summed E-state index contributed by atoms with van der Waals surface area (Å²) in [7, 11) is 0. The second-order valence-electron chi connectivity index (χ2n) is 5.63. The van der Waals surface area contributed by atoms with Crippen molar-refractivity contribution in [2.45, 2.75) is 38.4 Å². The van der Waals surface area contributed by atoms with Crippen molar-refractivity contribution in [2.24, 2.45) is 0 Å². The molecule has 0 radical (unpaired) electrons. The van der Waals surface area contributed by atoms with Crippen molar-refractivity contribution >= 4 is 17.2 Å². The SMILES string of the molecule is O=C(CCn1cncn1)NC1CCCN(Cc2cccs2)C1. The summed E-state index contributed by atoms with van der Waals surface area (Å²) in [5, 5.41) is 9.27. The Kier molecular flexibility index (Phi) is 5.18. The Morgan fingerprint density at radius 2 is 2.45 bits per heavy atom. The third-order valence-electron chi connectivity index (χ3n) is 3.86. The molecular weight excluding hydrogens is 298 g/mol. The zero-order chi connectivity index (χ0) is 15.2. The summed E-state index contributed by atoms with van der Waals surface area (Å²) in [4.78, 5) is 19.7. The van der Waals surface area contributed by atoms with E-state index in [1.165, 1.54) is 11.2 Å². The fourth-order valence-corrected chi connectivity index (χ4v) is 3.55. The number of carbonyl (C=O) groups is 1. The van der Waals surface area contributed by atoms with Crippen LogP contribution in [0.25, 0.3) is 0 Å². The predicted octanol–water partition coefficient (Wildman–Crippen LogP) is 1.51. The highest BCUT2D eigenvalue weighted by Gasteiger charge is 2.21. The molecule has 0 saturated carbocycles. The molecule has 1 saturated heterocycles. The van der Waals surface area contributed by atoms with E-state index >= 15 is 0 Å². The number of aryl methyl sites for hydroxylation is 1. The van der Waals surface area contributed by atoms with Crippen molar-refractivity contribution in [3.8, 4) is 0 Å². The van der Waals surface area contributed by atoms with Crippen molar-refractivity contribution in [1.29, 1.82) is 0 Å². The molecule has 118 valence electrons. The lowest BCUT2D eigenvalue weighted by molar-refractivity contribution is -0.122. The van der Waals surface area contributed by atoms with Gasteiger partial charge in [-0.15, -0.1) is 11.3 Å². The molecule has 1 amide bonds. The number of hydrogen-bond acceptors (Lipinski definition) is 5. The summed E-state index contributed by atoms with van der Waals surface area (Å²) in [6.45, 7) is 3.62. The summed E-state index contributed by atoms with van der Waals surface area (Å²) in [6.07, 6.45) is 5.78. The Morgan fingerprint density at radius 1 is 1.50 bits per heavy atom. The first-order valence-corrected chi connectivity index (χ1v) is 8.54. The first-order chi connectivity index (χ1) is 10.8. The average molecular weight is 319 g/mol. The van der Waals surface area contributed by atoms with E-state index in [0.29, 0.717) is 13.0 Å². The highest BCUT2D eigenvalue weighted by Crippen LogP contribution is 2.16. The molecule has 1 fully saturated rings. The third kappa shape index (κ3) is 4.38. The van der Waals surface area contributed by atoms with Crippen LogP contribution in [-0.2, 0) is 17.9 Å². The molecule has 2 aromatic rings. The normalized spacial score (nSPS) is 19.2. The number of carbonyl (C=O) groups excluding carboxylic acids is 1. The van der Waals surface area contributed by atoms with Crippen molar-refractivity contribution in [3.63, 3.8) is 0 Å². The van der Waals surface area contributed by atoms with Gasteiger partial charge < -0.3 is 5.32 Å². The summed E-state index contributed by atoms with van der Waals surface area (Å²) in [5.41, 5.74) is 0. The molecule has 0 spiro atoms. The van der Waals surface area contributed by atoms with Gasteiger partial charge in [0.1, 0.15) is 12.7 Å². The molecule has 1 N–H and O–H groups in total. The van der Waals surface area contributed by atoms with E-state index in [-0.39, 0.29) is 11.9 Å². The smallest absolute Gasteiger partial charge is 0.222 e. The van der Waals surface area contributed by atoms with E-state index in [0.717, 1.165) is 32.5 Å². The molecule has 1 atom stereocenters. The van der Waals surface area contributed by atoms with Gasteiger partial charge in [-0.25, -0.2) is 4.98 Å². The number of nitrogens with zero attached hydrogens (tertiary/aromatic N) is 4. The van der Waals surface area contributed by atoms with Crippen LogP contribution in [0.15, 0.2) is 30.2 Å². The second-order valence-corrected chi connectivity index (χ2v) is 6.66. The maximum absolute atomic E-state index is 12.0. The van der Waals surface area contributed by atoms with Gasteiger partial charge in [0.05, 0.1) is 6.54 Å². The van der Waals surface area contributed by atoms with Crippen molar-refractivity contribution < 1.29 is 4.79 Å². The van der Waals surface area contributed by atoms with Crippen LogP contribution in [-0.4, -0.2) is 44.7 Å². The molecule has 1 unspecified atom stereocenters. The first kappa shape index (κ1) is 15.2. The fourth-order valence-electron chi connectivity index (χ4n) is 2.80. The minimum Gasteiger partial charge on any atom is -0.352 e. The van der Waals surface area contributed by atoms with Crippen LogP contribution >= 0.6 is 11.3 Å². The van der Waals surface area contributed by atoms with E-state index in [1.54, 1.807) is 22.3 Å². The lowest BCUT2D eigenvalue weighted by atomic mass is 10.1. The van der Waals surface area contributed by atoms with Gasteiger partial charge in [0.2, 0.25) is 5.91 Å². The van der Waals surface area contributed by atoms with E-state index in [4.69, 9.17) is 0 Å². The Hall–Kier alpha value is -1.73. The zero-order valence-corrected chi connectivity index (χ0v) is 13.3. The van der Waals surface area contributed by atoms with Crippen LogP contribution < -0.4 is 5.32 Å². The zero-order valence-electron chi connectivity index (χ0n) is 12.5. The number of nitrogens with one attached hydrogen (secondary N) is 1. The molecule has 3 heterocycles. The van der Waals surface area contributed by atoms with Crippen molar-refractivity contribution in [2.75, 3.05) is 13.1 Å². The monoisotopic (exact) mass is 319 g/mol. The van der Waals surface area contributed by atoms with E-state index in [1.807, 2.05) is 0 Å². The molecule has 0 aromatic carbocycles. The van der Waals surface area contributed by atoms with Gasteiger partial charge in [-0.2, -0.15) is 5.10 Å². The minimum atomic E-state index is 0.0958. The van der Waals surface area contributed by atoms with Gasteiger partial charge in [0.25, 0.3) is 0 Å². The number of aromatic nitrogens is 3. The largest absolute Gasteiger partial charge is 0.352 e. The van der Waals surface area contributed by atoms with Crippen LogP contribution in [0.1, 0.15) is 24.1 Å². The van der Waals surface area contributed by atoms with Gasteiger partial charge in [0, 0.05) is 30.4 Å². The van der Waals surface area contributed by atoms with Gasteiger partial charge in [-0.1, -0.05) is 6.07 Å². The predicted molar refractivity (Wildman–Crippen MR) is 85.4 cm³/mol. The topological polar surface area (TPSA) is 63.1 Å². The maximum atomic E-state index is 12.0. The standard InChI is InChI=1S/C15H21N5OS/c21-15(5-7-20-12-16-11-17-20)18-13-3-1-6-19(9-13)10-14-4-2-8-22-14/h2,4,8,11-13H,1,3,5-7,9-10H2,(H,18,21). The number of amides is 1. The van der Waals surface area contributed by atoms with Crippen LogP contribution in [0.3, 0.4) is 0 Å². The quantitative estimate of drug-likeness (QED) is 0.877. The number of rotatable bonds is 6. The van der Waals surface area contributed by atoms with Crippen LogP contribution in [0.2, 0.25) is 0 Å². The molecule has 7 heteroatoms. The summed E-state index contributed by atoms with van der Waals surface area (Å²) >= 11 is 1.79. The molecule has 1 aliphatic heterocycles. The Bertz CT molecular complexity index is 569. The number of thiophene rings is 1. The Labute approximate surface area is 134 Å². The minimum absolute atomic E-state index is 0.0958. The maximum Gasteiger partial charge on any atom is 0.222 e. The molecule has 2 aromatic heterocycles. The van der Waals surface area contributed by atoms with E-state index < -0.39 is 0 Å². The van der Waals surface area contributed by atoms with Gasteiger partial charge in [-0.05, 0) is 30.8 Å². The van der Waals surface area contributed by atoms with Gasteiger partial charge in [-0.3, -0.25) is 14.4 Å². The molecule has 0 aliphatic carbocycles. The average Bonchev–Trinajstić information content (AvgIpc) is 3.19. The number of likely N-dealkylation sites (tertiary alicyclic amines) is 1. The summed E-state index contributed by atoms with van der Waals surface area (Å²) < 4.78 is 1.68. The summed E-state index contributed by atoms with van der Waals surface area (Å²) in [5.74, 6) is 0.0958. The van der Waals surface area contributed by atoms with Crippen molar-refractivity contribution in [3.05, 3.63) is 35.0 Å². The molecule has 3 rings (SSSR count). The lowest BCUT2D eigenvalue weighted by Crippen LogP contribution is -2.47. The van der Waals surface area contributed by atoms with Crippen LogP contribution in [0.4, 0.5) is 0 Å². The highest BCUT2D eigenvalue weighted by molar-refractivity contribution is 7.09. The second kappa shape index (κ2) is 7.51. The Balaban J connectivity index is 1.42. The van der Waals surface area contributed by atoms with Gasteiger partial charge in [0.15, 0.2) is 0 Å².